The van der Waals surface area contributed by atoms with Crippen molar-refractivity contribution in [2.24, 2.45) is 0 Å². The largest absolute Gasteiger partial charge is 0.394 e. The summed E-state index contributed by atoms with van der Waals surface area (Å²) in [5.74, 6) is 0.370. The quantitative estimate of drug-likeness (QED) is 0.411. The minimum Gasteiger partial charge on any atom is -0.394 e. The summed E-state index contributed by atoms with van der Waals surface area (Å²) in [5, 5.41) is 5.41. The summed E-state index contributed by atoms with van der Waals surface area (Å²) in [6.07, 6.45) is 7.27. The molecule has 3 heterocycles. The van der Waals surface area contributed by atoms with E-state index in [0.717, 1.165) is 27.8 Å². The first-order valence-corrected chi connectivity index (χ1v) is 8.90. The number of benzene rings is 1. The Labute approximate surface area is 161 Å². The van der Waals surface area contributed by atoms with Gasteiger partial charge < -0.3 is 16.0 Å². The molecule has 1 aromatic carbocycles. The van der Waals surface area contributed by atoms with E-state index in [9.17, 15) is 4.79 Å². The molecule has 0 radical (unpaired) electrons. The van der Waals surface area contributed by atoms with Crippen LogP contribution in [-0.2, 0) is 0 Å². The van der Waals surface area contributed by atoms with Crippen LogP contribution >= 0.6 is 0 Å². The molecule has 5 N–H and O–H groups in total. The molecule has 0 unspecified atom stereocenters. The maximum Gasteiger partial charge on any atom is 0.321 e. The average molecular weight is 374 g/mol. The van der Waals surface area contributed by atoms with Gasteiger partial charge in [0, 0.05) is 36.6 Å². The van der Waals surface area contributed by atoms with E-state index in [1.54, 1.807) is 12.4 Å². The standard InChI is InChI=1S/C20H19N7O/c1-2-23-20(28)26-19-24-16-9-14(13-5-3-7-22-11-13)10-17(18(16)25-19)27-8-4-6-15(21)12-27/h3-12H,2,21H2,1H3,(H2-,23,24,25,26,28)/p+1. The van der Waals surface area contributed by atoms with Crippen LogP contribution in [0.3, 0.4) is 0 Å². The number of amides is 2. The van der Waals surface area contributed by atoms with Crippen molar-refractivity contribution in [3.05, 3.63) is 61.2 Å². The van der Waals surface area contributed by atoms with Crippen LogP contribution in [0.15, 0.2) is 61.2 Å². The lowest BCUT2D eigenvalue weighted by molar-refractivity contribution is -0.593. The van der Waals surface area contributed by atoms with Crippen molar-refractivity contribution in [3.63, 3.8) is 0 Å². The highest BCUT2D eigenvalue weighted by Crippen LogP contribution is 2.27. The molecule has 0 aliphatic carbocycles. The van der Waals surface area contributed by atoms with Gasteiger partial charge in [-0.05, 0) is 30.7 Å². The topological polar surface area (TPSA) is 113 Å². The minimum absolute atomic E-state index is 0.313. The molecule has 28 heavy (non-hydrogen) atoms. The van der Waals surface area contributed by atoms with Crippen LogP contribution in [0.5, 0.6) is 0 Å². The summed E-state index contributed by atoms with van der Waals surface area (Å²) in [7, 11) is 0. The Morgan fingerprint density at radius 2 is 2.14 bits per heavy atom. The molecule has 0 aliphatic heterocycles. The van der Waals surface area contributed by atoms with Crippen LogP contribution in [0.1, 0.15) is 6.92 Å². The van der Waals surface area contributed by atoms with Gasteiger partial charge in [-0.3, -0.25) is 10.3 Å². The summed E-state index contributed by atoms with van der Waals surface area (Å²) in [4.78, 5) is 23.8. The molecular formula is C20H20N7O+. The molecule has 4 aromatic rings. The van der Waals surface area contributed by atoms with Crippen molar-refractivity contribution >= 4 is 28.7 Å². The van der Waals surface area contributed by atoms with Gasteiger partial charge in [0.15, 0.2) is 17.9 Å². The number of carbonyl (C=O) groups is 1. The second-order valence-electron chi connectivity index (χ2n) is 6.25. The van der Waals surface area contributed by atoms with Crippen LogP contribution in [-0.4, -0.2) is 27.5 Å². The van der Waals surface area contributed by atoms with Crippen LogP contribution in [0, 0.1) is 0 Å². The Hall–Kier alpha value is -3.94. The van der Waals surface area contributed by atoms with Crippen molar-refractivity contribution in [3.8, 4) is 16.8 Å². The predicted octanol–water partition coefficient (Wildman–Crippen LogP) is 2.63. The number of pyridine rings is 2. The number of nitrogens with zero attached hydrogens (tertiary/aromatic N) is 3. The number of anilines is 2. The Morgan fingerprint density at radius 3 is 2.89 bits per heavy atom. The fraction of sp³-hybridized carbons (Fsp3) is 0.100. The predicted molar refractivity (Wildman–Crippen MR) is 108 cm³/mol. The minimum atomic E-state index is -0.313. The number of nitrogens with one attached hydrogen (secondary N) is 3. The molecule has 140 valence electrons. The first-order valence-electron chi connectivity index (χ1n) is 8.90. The number of aromatic amines is 1. The second kappa shape index (κ2) is 7.36. The maximum absolute atomic E-state index is 11.9. The molecule has 8 nitrogen and oxygen atoms in total. The molecule has 0 fully saturated rings. The average Bonchev–Trinajstić information content (AvgIpc) is 3.10. The summed E-state index contributed by atoms with van der Waals surface area (Å²) in [6, 6.07) is 11.3. The maximum atomic E-state index is 11.9. The number of hydrogen-bond acceptors (Lipinski definition) is 4. The van der Waals surface area contributed by atoms with E-state index >= 15 is 0 Å². The molecule has 0 aliphatic rings. The Balaban J connectivity index is 1.88. The fourth-order valence-electron chi connectivity index (χ4n) is 3.01. The molecule has 0 saturated heterocycles. The Kier molecular flexibility index (Phi) is 4.59. The number of carbonyl (C=O) groups excluding carboxylic acids is 1. The van der Waals surface area contributed by atoms with Crippen molar-refractivity contribution in [1.29, 1.82) is 0 Å². The second-order valence-corrected chi connectivity index (χ2v) is 6.25. The highest BCUT2D eigenvalue weighted by Gasteiger charge is 2.19. The van der Waals surface area contributed by atoms with Crippen LogP contribution < -0.4 is 20.9 Å². The number of fused-ring (bicyclic) bond motifs is 1. The highest BCUT2D eigenvalue weighted by atomic mass is 16.2. The van der Waals surface area contributed by atoms with E-state index in [1.807, 2.05) is 60.3 Å². The number of hydrogen-bond donors (Lipinski definition) is 4. The van der Waals surface area contributed by atoms with Crippen LogP contribution in [0.4, 0.5) is 16.4 Å². The zero-order valence-corrected chi connectivity index (χ0v) is 15.3. The molecule has 4 rings (SSSR count). The van der Waals surface area contributed by atoms with E-state index in [-0.39, 0.29) is 6.03 Å². The first-order chi connectivity index (χ1) is 13.6. The third-order valence-electron chi connectivity index (χ3n) is 4.23. The van der Waals surface area contributed by atoms with E-state index in [0.29, 0.717) is 18.2 Å². The normalized spacial score (nSPS) is 10.8. The lowest BCUT2D eigenvalue weighted by Gasteiger charge is -2.04. The number of rotatable bonds is 4. The van der Waals surface area contributed by atoms with Gasteiger partial charge in [-0.15, -0.1) is 0 Å². The fourth-order valence-corrected chi connectivity index (χ4v) is 3.01. The molecule has 2 amide bonds. The molecule has 3 aromatic heterocycles. The Morgan fingerprint density at radius 1 is 1.25 bits per heavy atom. The van der Waals surface area contributed by atoms with Gasteiger partial charge in [-0.2, -0.15) is 4.57 Å². The SMILES string of the molecule is CCNC(=O)Nc1nc2c(-[n+]3cccc(N)c3)cc(-c3cccnc3)cc2[nH]1. The molecular weight excluding hydrogens is 354 g/mol. The number of nitrogen functional groups attached to an aromatic ring is 1. The van der Waals surface area contributed by atoms with Gasteiger partial charge in [-0.25, -0.2) is 9.78 Å². The number of imidazole rings is 1. The van der Waals surface area contributed by atoms with Crippen molar-refractivity contribution in [2.75, 3.05) is 17.6 Å². The smallest absolute Gasteiger partial charge is 0.321 e. The van der Waals surface area contributed by atoms with Gasteiger partial charge >= 0.3 is 6.03 Å². The summed E-state index contributed by atoms with van der Waals surface area (Å²) < 4.78 is 1.91. The van der Waals surface area contributed by atoms with Gasteiger partial charge in [0.1, 0.15) is 0 Å². The van der Waals surface area contributed by atoms with E-state index < -0.39 is 0 Å². The van der Waals surface area contributed by atoms with Crippen molar-refractivity contribution < 1.29 is 9.36 Å². The van der Waals surface area contributed by atoms with Crippen LogP contribution in [0.2, 0.25) is 0 Å². The number of aromatic nitrogens is 4. The molecule has 0 bridgehead atoms. The number of nitrogens with two attached hydrogens (primary N) is 1. The Bertz CT molecular complexity index is 1140. The van der Waals surface area contributed by atoms with Gasteiger partial charge in [0.05, 0.1) is 11.2 Å². The van der Waals surface area contributed by atoms with Crippen LogP contribution in [0.25, 0.3) is 27.8 Å². The lowest BCUT2D eigenvalue weighted by atomic mass is 10.1. The van der Waals surface area contributed by atoms with Crippen molar-refractivity contribution in [1.82, 2.24) is 20.3 Å². The first kappa shape index (κ1) is 17.5. The lowest BCUT2D eigenvalue weighted by Crippen LogP contribution is -2.30. The number of urea groups is 1. The summed E-state index contributed by atoms with van der Waals surface area (Å²) in [6.45, 7) is 2.38. The monoisotopic (exact) mass is 374 g/mol. The van der Waals surface area contributed by atoms with Gasteiger partial charge in [0.25, 0.3) is 0 Å². The zero-order valence-electron chi connectivity index (χ0n) is 15.3. The molecule has 0 atom stereocenters. The molecule has 0 spiro atoms. The molecule has 8 heteroatoms. The number of H-pyrrole nitrogens is 1. The summed E-state index contributed by atoms with van der Waals surface area (Å²) in [5.41, 5.74) is 10.9. The van der Waals surface area contributed by atoms with Gasteiger partial charge in [-0.1, -0.05) is 6.07 Å². The summed E-state index contributed by atoms with van der Waals surface area (Å²) >= 11 is 0. The van der Waals surface area contributed by atoms with Gasteiger partial charge in [0.2, 0.25) is 11.6 Å². The van der Waals surface area contributed by atoms with Crippen molar-refractivity contribution in [2.45, 2.75) is 6.92 Å². The highest BCUT2D eigenvalue weighted by molar-refractivity contribution is 5.93. The molecule has 0 saturated carbocycles. The third kappa shape index (κ3) is 3.48. The zero-order chi connectivity index (χ0) is 19.5. The third-order valence-corrected chi connectivity index (χ3v) is 4.23. The van der Waals surface area contributed by atoms with E-state index in [2.05, 4.69) is 25.6 Å². The van der Waals surface area contributed by atoms with E-state index in [4.69, 9.17) is 5.73 Å². The van der Waals surface area contributed by atoms with E-state index in [1.165, 1.54) is 0 Å².